The molecule has 14 heavy (non-hydrogen) atoms. The van der Waals surface area contributed by atoms with Crippen LogP contribution in [0.5, 0.6) is 0 Å². The van der Waals surface area contributed by atoms with Gasteiger partial charge >= 0.3 is 0 Å². The van der Waals surface area contributed by atoms with E-state index in [0.29, 0.717) is 12.5 Å². The third kappa shape index (κ3) is 1.26. The molecule has 2 aliphatic rings. The second kappa shape index (κ2) is 3.06. The van der Waals surface area contributed by atoms with Gasteiger partial charge in [-0.15, -0.1) is 10.2 Å². The molecule has 0 saturated heterocycles. The molecule has 1 aromatic heterocycles. The number of hydrogen-bond acceptors (Lipinski definition) is 5. The Labute approximate surface area is 85.8 Å². The van der Waals surface area contributed by atoms with Gasteiger partial charge in [0.15, 0.2) is 5.82 Å². The number of nitrogens with two attached hydrogens (primary N) is 1. The maximum Gasteiger partial charge on any atom is 0.212 e. The van der Waals surface area contributed by atoms with Gasteiger partial charge < -0.3 is 5.73 Å². The van der Waals surface area contributed by atoms with E-state index in [0.717, 1.165) is 22.4 Å². The van der Waals surface area contributed by atoms with Crippen LogP contribution in [0, 0.1) is 0 Å². The van der Waals surface area contributed by atoms with Crippen LogP contribution in [0.2, 0.25) is 0 Å². The lowest BCUT2D eigenvalue weighted by molar-refractivity contribution is 0.707. The zero-order chi connectivity index (χ0) is 9.54. The highest BCUT2D eigenvalue weighted by atomic mass is 32.2. The molecule has 2 heterocycles. The third-order valence-electron chi connectivity index (χ3n) is 2.42. The van der Waals surface area contributed by atoms with Gasteiger partial charge in [-0.3, -0.25) is 0 Å². The van der Waals surface area contributed by atoms with E-state index >= 15 is 0 Å². The summed E-state index contributed by atoms with van der Waals surface area (Å²) in [6.07, 6.45) is 2.44. The smallest absolute Gasteiger partial charge is 0.212 e. The largest absolute Gasteiger partial charge is 0.325 e. The van der Waals surface area contributed by atoms with Crippen molar-refractivity contribution in [1.82, 2.24) is 14.9 Å². The zero-order valence-corrected chi connectivity index (χ0v) is 8.50. The van der Waals surface area contributed by atoms with Crippen molar-refractivity contribution < 1.29 is 0 Å². The van der Waals surface area contributed by atoms with Gasteiger partial charge in [-0.2, -0.15) is 9.78 Å². The summed E-state index contributed by atoms with van der Waals surface area (Å²) in [4.78, 5) is 0. The lowest BCUT2D eigenvalue weighted by Gasteiger charge is -2.11. The summed E-state index contributed by atoms with van der Waals surface area (Å²) in [5.41, 5.74) is 6.59. The summed E-state index contributed by atoms with van der Waals surface area (Å²) >= 11 is 1.67. The summed E-state index contributed by atoms with van der Waals surface area (Å²) in [6, 6.07) is 0. The molecule has 1 aliphatic heterocycles. The molecular formula is C8H11N5S. The summed E-state index contributed by atoms with van der Waals surface area (Å²) in [6.45, 7) is 0.523. The van der Waals surface area contributed by atoms with Gasteiger partial charge in [0.05, 0.1) is 5.71 Å². The molecule has 3 rings (SSSR count). The van der Waals surface area contributed by atoms with Gasteiger partial charge in [0.25, 0.3) is 0 Å². The number of aromatic nitrogens is 3. The first-order chi connectivity index (χ1) is 6.88. The maximum absolute atomic E-state index is 5.57. The number of thioether (sulfide) groups is 1. The molecule has 1 aliphatic carbocycles. The Bertz CT molecular complexity index is 392. The third-order valence-corrected chi connectivity index (χ3v) is 3.41. The van der Waals surface area contributed by atoms with Gasteiger partial charge in [0.2, 0.25) is 5.16 Å². The van der Waals surface area contributed by atoms with Crippen LogP contribution in [0.4, 0.5) is 0 Å². The van der Waals surface area contributed by atoms with Crippen LogP contribution in [-0.4, -0.2) is 32.9 Å². The molecule has 0 unspecified atom stereocenters. The van der Waals surface area contributed by atoms with E-state index in [-0.39, 0.29) is 0 Å². The Morgan fingerprint density at radius 1 is 1.43 bits per heavy atom. The molecule has 0 atom stereocenters. The molecule has 5 nitrogen and oxygen atoms in total. The first-order valence-electron chi connectivity index (χ1n) is 4.73. The standard InChI is InChI=1S/C8H11N5S/c9-3-6-4-14-8-11-10-7(5-1-2-5)13(8)12-6/h5H,1-4,9H2. The molecule has 1 saturated carbocycles. The molecule has 1 aromatic rings. The fourth-order valence-electron chi connectivity index (χ4n) is 1.47. The van der Waals surface area contributed by atoms with Crippen molar-refractivity contribution in [3.63, 3.8) is 0 Å². The van der Waals surface area contributed by atoms with Crippen LogP contribution in [-0.2, 0) is 0 Å². The van der Waals surface area contributed by atoms with E-state index in [4.69, 9.17) is 5.73 Å². The van der Waals surface area contributed by atoms with E-state index in [9.17, 15) is 0 Å². The van der Waals surface area contributed by atoms with Crippen molar-refractivity contribution in [2.75, 3.05) is 12.3 Å². The zero-order valence-electron chi connectivity index (χ0n) is 7.68. The molecule has 0 amide bonds. The minimum atomic E-state index is 0.523. The van der Waals surface area contributed by atoms with Gasteiger partial charge in [0, 0.05) is 18.2 Å². The molecule has 2 N–H and O–H groups in total. The van der Waals surface area contributed by atoms with Crippen molar-refractivity contribution in [3.05, 3.63) is 5.82 Å². The van der Waals surface area contributed by atoms with Crippen molar-refractivity contribution in [2.45, 2.75) is 23.9 Å². The number of rotatable bonds is 2. The van der Waals surface area contributed by atoms with Crippen LogP contribution in [0.15, 0.2) is 10.3 Å². The van der Waals surface area contributed by atoms with Crippen LogP contribution >= 0.6 is 11.8 Å². The summed E-state index contributed by atoms with van der Waals surface area (Å²) in [7, 11) is 0. The highest BCUT2D eigenvalue weighted by Gasteiger charge is 2.31. The SMILES string of the molecule is NCC1=Nn2c(nnc2C2CC2)SC1. The molecule has 0 spiro atoms. The summed E-state index contributed by atoms with van der Waals surface area (Å²) in [5.74, 6) is 2.44. The topological polar surface area (TPSA) is 69.1 Å². The van der Waals surface area contributed by atoms with E-state index in [1.807, 2.05) is 4.68 Å². The summed E-state index contributed by atoms with van der Waals surface area (Å²) in [5, 5.41) is 13.6. The van der Waals surface area contributed by atoms with Gasteiger partial charge in [0.1, 0.15) is 0 Å². The molecule has 0 bridgehead atoms. The van der Waals surface area contributed by atoms with Crippen molar-refractivity contribution in [1.29, 1.82) is 0 Å². The van der Waals surface area contributed by atoms with Crippen molar-refractivity contribution in [3.8, 4) is 0 Å². The van der Waals surface area contributed by atoms with E-state index in [1.54, 1.807) is 11.8 Å². The van der Waals surface area contributed by atoms with E-state index in [2.05, 4.69) is 15.3 Å². The highest BCUT2D eigenvalue weighted by Crippen LogP contribution is 2.40. The number of fused-ring (bicyclic) bond motifs is 1. The van der Waals surface area contributed by atoms with Crippen molar-refractivity contribution >= 4 is 17.5 Å². The Morgan fingerprint density at radius 2 is 2.29 bits per heavy atom. The second-order valence-corrected chi connectivity index (χ2v) is 4.53. The average Bonchev–Trinajstić information content (AvgIpc) is 2.98. The van der Waals surface area contributed by atoms with Gasteiger partial charge in [-0.05, 0) is 12.8 Å². The Kier molecular flexibility index (Phi) is 1.84. The second-order valence-electron chi connectivity index (χ2n) is 3.59. The quantitative estimate of drug-likeness (QED) is 0.766. The van der Waals surface area contributed by atoms with Crippen LogP contribution in [0.3, 0.4) is 0 Å². The normalized spacial score (nSPS) is 20.5. The maximum atomic E-state index is 5.57. The highest BCUT2D eigenvalue weighted by molar-refractivity contribution is 7.99. The minimum Gasteiger partial charge on any atom is -0.325 e. The predicted molar refractivity (Wildman–Crippen MR) is 54.6 cm³/mol. The minimum absolute atomic E-state index is 0.523. The summed E-state index contributed by atoms with van der Waals surface area (Å²) < 4.78 is 1.87. The molecular weight excluding hydrogens is 198 g/mol. The Balaban J connectivity index is 2.03. The molecule has 0 aromatic carbocycles. The van der Waals surface area contributed by atoms with Gasteiger partial charge in [-0.25, -0.2) is 0 Å². The molecule has 1 fully saturated rings. The van der Waals surface area contributed by atoms with E-state index in [1.165, 1.54) is 12.8 Å². The van der Waals surface area contributed by atoms with Crippen molar-refractivity contribution in [2.24, 2.45) is 10.8 Å². The van der Waals surface area contributed by atoms with Crippen LogP contribution < -0.4 is 5.73 Å². The molecule has 6 heteroatoms. The number of hydrogen-bond donors (Lipinski definition) is 1. The molecule has 74 valence electrons. The average molecular weight is 209 g/mol. The molecule has 0 radical (unpaired) electrons. The Hall–Kier alpha value is -0.880. The van der Waals surface area contributed by atoms with Gasteiger partial charge in [-0.1, -0.05) is 11.8 Å². The van der Waals surface area contributed by atoms with Crippen LogP contribution in [0.1, 0.15) is 24.6 Å². The lowest BCUT2D eigenvalue weighted by atomic mass is 10.4. The first-order valence-corrected chi connectivity index (χ1v) is 5.72. The first kappa shape index (κ1) is 8.43. The van der Waals surface area contributed by atoms with E-state index < -0.39 is 0 Å². The fraction of sp³-hybridized carbons (Fsp3) is 0.625. The number of nitrogens with zero attached hydrogens (tertiary/aromatic N) is 4. The monoisotopic (exact) mass is 209 g/mol. The fourth-order valence-corrected chi connectivity index (χ4v) is 2.30. The Morgan fingerprint density at radius 3 is 3.00 bits per heavy atom. The predicted octanol–water partition coefficient (Wildman–Crippen LogP) is 0.424. The lowest BCUT2D eigenvalue weighted by Crippen LogP contribution is -2.21. The van der Waals surface area contributed by atoms with Crippen LogP contribution in [0.25, 0.3) is 0 Å².